The van der Waals surface area contributed by atoms with Crippen LogP contribution >= 0.6 is 0 Å². The smallest absolute Gasteiger partial charge is 0.0644 e. The second kappa shape index (κ2) is 5.68. The molecule has 1 saturated heterocycles. The second-order valence-corrected chi connectivity index (χ2v) is 6.40. The number of rotatable bonds is 5. The van der Waals surface area contributed by atoms with E-state index >= 15 is 0 Å². The molecule has 0 radical (unpaired) electrons. The molecule has 1 aliphatic rings. The highest BCUT2D eigenvalue weighted by Gasteiger charge is 2.43. The highest BCUT2D eigenvalue weighted by Crippen LogP contribution is 2.36. The van der Waals surface area contributed by atoms with Gasteiger partial charge in [-0.15, -0.1) is 0 Å². The van der Waals surface area contributed by atoms with Gasteiger partial charge in [-0.3, -0.25) is 4.90 Å². The Morgan fingerprint density at radius 2 is 2.00 bits per heavy atom. The first-order valence-electron chi connectivity index (χ1n) is 6.94. The molecule has 2 N–H and O–H groups in total. The van der Waals surface area contributed by atoms with Crippen LogP contribution in [0.2, 0.25) is 0 Å². The third kappa shape index (κ3) is 3.67. The maximum Gasteiger partial charge on any atom is 0.0644 e. The third-order valence-electron chi connectivity index (χ3n) is 3.83. The molecule has 1 rings (SSSR count). The molecule has 1 heterocycles. The van der Waals surface area contributed by atoms with Gasteiger partial charge in [-0.1, -0.05) is 20.8 Å². The molecule has 0 aromatic heterocycles. The van der Waals surface area contributed by atoms with Crippen LogP contribution in [-0.2, 0) is 4.74 Å². The summed E-state index contributed by atoms with van der Waals surface area (Å²) < 4.78 is 5.84. The maximum atomic E-state index is 6.11. The largest absolute Gasteiger partial charge is 0.375 e. The van der Waals surface area contributed by atoms with Crippen LogP contribution in [0.1, 0.15) is 47.5 Å². The molecule has 0 aliphatic carbocycles. The number of nitrogens with two attached hydrogens (primary N) is 1. The topological polar surface area (TPSA) is 38.5 Å². The van der Waals surface area contributed by atoms with Crippen LogP contribution in [0.15, 0.2) is 0 Å². The number of hydrogen-bond donors (Lipinski definition) is 1. The second-order valence-electron chi connectivity index (χ2n) is 6.40. The Balaban J connectivity index is 2.84. The summed E-state index contributed by atoms with van der Waals surface area (Å²) in [6, 6.07) is 0. The zero-order chi connectivity index (χ0) is 13.1. The summed E-state index contributed by atoms with van der Waals surface area (Å²) in [6.07, 6.45) is 2.10. The highest BCUT2D eigenvalue weighted by atomic mass is 16.5. The minimum absolute atomic E-state index is 0.0397. The maximum absolute atomic E-state index is 6.11. The fraction of sp³-hybridized carbons (Fsp3) is 1.00. The number of likely N-dealkylation sites (N-methyl/N-ethyl adjacent to an activating group) is 1. The lowest BCUT2D eigenvalue weighted by atomic mass is 9.79. The van der Waals surface area contributed by atoms with E-state index in [4.69, 9.17) is 10.5 Å². The van der Waals surface area contributed by atoms with Crippen LogP contribution in [0.25, 0.3) is 0 Å². The Labute approximate surface area is 107 Å². The molecule has 3 nitrogen and oxygen atoms in total. The molecule has 0 aromatic carbocycles. The molecule has 1 fully saturated rings. The van der Waals surface area contributed by atoms with Gasteiger partial charge in [-0.25, -0.2) is 0 Å². The average molecular weight is 242 g/mol. The Kier molecular flexibility index (Phi) is 4.99. The van der Waals surface area contributed by atoms with Gasteiger partial charge in [-0.2, -0.15) is 0 Å². The van der Waals surface area contributed by atoms with Crippen molar-refractivity contribution in [1.29, 1.82) is 0 Å². The minimum Gasteiger partial charge on any atom is -0.375 e. The predicted molar refractivity (Wildman–Crippen MR) is 73.1 cm³/mol. The van der Waals surface area contributed by atoms with Gasteiger partial charge in [0.1, 0.15) is 0 Å². The summed E-state index contributed by atoms with van der Waals surface area (Å²) in [5, 5.41) is 0. The molecular weight excluding hydrogens is 212 g/mol. The van der Waals surface area contributed by atoms with E-state index in [1.165, 1.54) is 0 Å². The van der Waals surface area contributed by atoms with Gasteiger partial charge in [0, 0.05) is 25.2 Å². The Hall–Kier alpha value is -0.120. The van der Waals surface area contributed by atoms with Crippen molar-refractivity contribution in [3.8, 4) is 0 Å². The van der Waals surface area contributed by atoms with E-state index in [-0.39, 0.29) is 11.1 Å². The molecule has 0 aromatic rings. The van der Waals surface area contributed by atoms with Crippen molar-refractivity contribution in [1.82, 2.24) is 4.90 Å². The molecule has 1 unspecified atom stereocenters. The molecule has 0 amide bonds. The lowest BCUT2D eigenvalue weighted by Crippen LogP contribution is -2.61. The number of nitrogens with zero attached hydrogens (tertiary/aromatic N) is 1. The van der Waals surface area contributed by atoms with Crippen molar-refractivity contribution >= 4 is 0 Å². The van der Waals surface area contributed by atoms with E-state index < -0.39 is 0 Å². The van der Waals surface area contributed by atoms with E-state index in [9.17, 15) is 0 Å². The minimum atomic E-state index is -0.0397. The van der Waals surface area contributed by atoms with Crippen molar-refractivity contribution in [3.05, 3.63) is 0 Å². The van der Waals surface area contributed by atoms with Crippen molar-refractivity contribution in [2.45, 2.75) is 58.6 Å². The lowest BCUT2D eigenvalue weighted by Gasteiger charge is -2.51. The van der Waals surface area contributed by atoms with E-state index in [1.54, 1.807) is 0 Å². The number of ether oxygens (including phenoxy) is 1. The van der Waals surface area contributed by atoms with Crippen LogP contribution in [0.3, 0.4) is 0 Å². The normalized spacial score (nSPS) is 28.9. The predicted octanol–water partition coefficient (Wildman–Crippen LogP) is 2.25. The first-order chi connectivity index (χ1) is 7.85. The summed E-state index contributed by atoms with van der Waals surface area (Å²) in [5.74, 6) is 0.685. The molecular formula is C14H30N2O. The summed E-state index contributed by atoms with van der Waals surface area (Å²) in [7, 11) is 0. The summed E-state index contributed by atoms with van der Waals surface area (Å²) in [6.45, 7) is 14.9. The standard InChI is InChI=1S/C14H30N2O/c1-6-16(9-12(2)3)14(11-15)7-8-17-13(4,5)10-14/h12H,6-11,15H2,1-5H3. The van der Waals surface area contributed by atoms with Crippen LogP contribution in [0.5, 0.6) is 0 Å². The van der Waals surface area contributed by atoms with Gasteiger partial charge >= 0.3 is 0 Å². The quantitative estimate of drug-likeness (QED) is 0.803. The van der Waals surface area contributed by atoms with Crippen molar-refractivity contribution in [2.75, 3.05) is 26.2 Å². The van der Waals surface area contributed by atoms with Gasteiger partial charge in [0.05, 0.1) is 5.60 Å². The molecule has 102 valence electrons. The van der Waals surface area contributed by atoms with Crippen LogP contribution in [0.4, 0.5) is 0 Å². The lowest BCUT2D eigenvalue weighted by molar-refractivity contribution is -0.119. The van der Waals surface area contributed by atoms with Crippen molar-refractivity contribution < 1.29 is 4.74 Å². The van der Waals surface area contributed by atoms with Gasteiger partial charge < -0.3 is 10.5 Å². The molecule has 1 aliphatic heterocycles. The molecule has 3 heteroatoms. The van der Waals surface area contributed by atoms with Gasteiger partial charge in [0.25, 0.3) is 0 Å². The number of hydrogen-bond acceptors (Lipinski definition) is 3. The summed E-state index contributed by atoms with van der Waals surface area (Å²) >= 11 is 0. The average Bonchev–Trinajstić information content (AvgIpc) is 2.24. The first-order valence-corrected chi connectivity index (χ1v) is 6.94. The zero-order valence-electron chi connectivity index (χ0n) is 12.3. The Morgan fingerprint density at radius 3 is 2.41 bits per heavy atom. The van der Waals surface area contributed by atoms with Gasteiger partial charge in [0.15, 0.2) is 0 Å². The van der Waals surface area contributed by atoms with Crippen molar-refractivity contribution in [3.63, 3.8) is 0 Å². The summed E-state index contributed by atoms with van der Waals surface area (Å²) in [4.78, 5) is 2.57. The van der Waals surface area contributed by atoms with E-state index in [2.05, 4.69) is 39.5 Å². The molecule has 0 bridgehead atoms. The highest BCUT2D eigenvalue weighted by molar-refractivity contribution is 4.99. The first kappa shape index (κ1) is 14.9. The van der Waals surface area contributed by atoms with Gasteiger partial charge in [-0.05, 0) is 39.2 Å². The van der Waals surface area contributed by atoms with E-state index in [0.717, 1.165) is 39.1 Å². The Bertz CT molecular complexity index is 240. The fourth-order valence-corrected chi connectivity index (χ4v) is 3.12. The molecule has 17 heavy (non-hydrogen) atoms. The van der Waals surface area contributed by atoms with Crippen molar-refractivity contribution in [2.24, 2.45) is 11.7 Å². The van der Waals surface area contributed by atoms with Gasteiger partial charge in [0.2, 0.25) is 0 Å². The summed E-state index contributed by atoms with van der Waals surface area (Å²) in [5.41, 5.74) is 6.21. The van der Waals surface area contributed by atoms with E-state index in [1.807, 2.05) is 0 Å². The van der Waals surface area contributed by atoms with E-state index in [0.29, 0.717) is 5.92 Å². The van der Waals surface area contributed by atoms with Crippen LogP contribution in [-0.4, -0.2) is 42.3 Å². The third-order valence-corrected chi connectivity index (χ3v) is 3.83. The Morgan fingerprint density at radius 1 is 1.35 bits per heavy atom. The molecule has 1 atom stereocenters. The SMILES string of the molecule is CCN(CC(C)C)C1(CN)CCOC(C)(C)C1. The molecule has 0 saturated carbocycles. The molecule has 0 spiro atoms. The van der Waals surface area contributed by atoms with Crippen LogP contribution < -0.4 is 5.73 Å². The zero-order valence-corrected chi connectivity index (χ0v) is 12.3. The van der Waals surface area contributed by atoms with Crippen LogP contribution in [0, 0.1) is 5.92 Å². The monoisotopic (exact) mass is 242 g/mol. The fourth-order valence-electron chi connectivity index (χ4n) is 3.12.